The first-order valence-corrected chi connectivity index (χ1v) is 7.85. The van der Waals surface area contributed by atoms with E-state index in [-0.39, 0.29) is 24.1 Å². The molecule has 9 heteroatoms. The van der Waals surface area contributed by atoms with Crippen LogP contribution in [0.2, 0.25) is 0 Å². The maximum atomic E-state index is 12.2. The maximum Gasteiger partial charge on any atom is 0.573 e. The molecule has 1 N–H and O–H groups in total. The van der Waals surface area contributed by atoms with Crippen molar-refractivity contribution >= 4 is 18.3 Å². The third-order valence-electron chi connectivity index (χ3n) is 3.76. The molecule has 0 bridgehead atoms. The van der Waals surface area contributed by atoms with E-state index in [2.05, 4.69) is 10.1 Å². The Labute approximate surface area is 151 Å². The number of halogens is 4. The van der Waals surface area contributed by atoms with Crippen LogP contribution in [0.15, 0.2) is 24.3 Å². The highest BCUT2D eigenvalue weighted by molar-refractivity contribution is 5.85. The molecule has 1 heterocycles. The number of carbonyl (C=O) groups excluding carboxylic acids is 1. The number of hydrogen-bond acceptors (Lipinski definition) is 4. The molecular formula is C16H23ClF3N3O2. The standard InChI is InChI=1S/C16H22F3N3O2.ClH/c1-21(8-5-15(23)22-9-6-20-7-10-22)12-13-3-2-4-14(11-13)24-16(17,18)19;/h2-4,11,20H,5-10,12H2,1H3;1H. The van der Waals surface area contributed by atoms with E-state index >= 15 is 0 Å². The summed E-state index contributed by atoms with van der Waals surface area (Å²) in [5.41, 5.74) is 0.703. The number of rotatable bonds is 6. The molecule has 1 amide bonds. The van der Waals surface area contributed by atoms with Crippen molar-refractivity contribution in [3.8, 4) is 5.75 Å². The third kappa shape index (κ3) is 7.94. The molecule has 1 fully saturated rings. The highest BCUT2D eigenvalue weighted by atomic mass is 35.5. The van der Waals surface area contributed by atoms with Crippen LogP contribution in [0, 0.1) is 0 Å². The van der Waals surface area contributed by atoms with Crippen LogP contribution in [0.25, 0.3) is 0 Å². The summed E-state index contributed by atoms with van der Waals surface area (Å²) in [6.07, 6.45) is -4.30. The number of ether oxygens (including phenoxy) is 1. The van der Waals surface area contributed by atoms with Crippen molar-refractivity contribution in [2.75, 3.05) is 39.8 Å². The van der Waals surface area contributed by atoms with Gasteiger partial charge in [-0.05, 0) is 24.7 Å². The van der Waals surface area contributed by atoms with Crippen molar-refractivity contribution in [3.05, 3.63) is 29.8 Å². The van der Waals surface area contributed by atoms with Crippen LogP contribution in [0.1, 0.15) is 12.0 Å². The average molecular weight is 382 g/mol. The van der Waals surface area contributed by atoms with E-state index in [1.807, 2.05) is 16.8 Å². The van der Waals surface area contributed by atoms with Crippen molar-refractivity contribution < 1.29 is 22.7 Å². The molecule has 0 unspecified atom stereocenters. The average Bonchev–Trinajstić information content (AvgIpc) is 2.52. The van der Waals surface area contributed by atoms with E-state index in [1.54, 1.807) is 6.07 Å². The number of nitrogens with one attached hydrogen (secondary N) is 1. The van der Waals surface area contributed by atoms with Gasteiger partial charge in [0.2, 0.25) is 5.91 Å². The van der Waals surface area contributed by atoms with Gasteiger partial charge in [-0.25, -0.2) is 0 Å². The van der Waals surface area contributed by atoms with Crippen LogP contribution in [0.3, 0.4) is 0 Å². The summed E-state index contributed by atoms with van der Waals surface area (Å²) in [5.74, 6) is -0.122. The summed E-state index contributed by atoms with van der Waals surface area (Å²) < 4.78 is 40.6. The number of nitrogens with zero attached hydrogens (tertiary/aromatic N) is 2. The molecule has 2 rings (SSSR count). The summed E-state index contributed by atoms with van der Waals surface area (Å²) in [6, 6.07) is 5.89. The molecule has 0 saturated carbocycles. The fraction of sp³-hybridized carbons (Fsp3) is 0.562. The number of hydrogen-bond donors (Lipinski definition) is 1. The molecule has 1 aliphatic heterocycles. The van der Waals surface area contributed by atoms with Gasteiger partial charge in [-0.1, -0.05) is 12.1 Å². The number of amides is 1. The molecule has 1 saturated heterocycles. The van der Waals surface area contributed by atoms with Crippen LogP contribution < -0.4 is 10.1 Å². The Morgan fingerprint density at radius 2 is 2.00 bits per heavy atom. The Balaban J connectivity index is 0.00000312. The van der Waals surface area contributed by atoms with Crippen molar-refractivity contribution in [2.24, 2.45) is 0 Å². The van der Waals surface area contributed by atoms with Gasteiger partial charge in [-0.15, -0.1) is 25.6 Å². The quantitative estimate of drug-likeness (QED) is 0.821. The minimum Gasteiger partial charge on any atom is -0.406 e. The number of piperazine rings is 1. The second-order valence-electron chi connectivity index (χ2n) is 5.81. The Morgan fingerprint density at radius 1 is 1.32 bits per heavy atom. The SMILES string of the molecule is CN(CCC(=O)N1CCNCC1)Cc1cccc(OC(F)(F)F)c1.Cl. The molecule has 25 heavy (non-hydrogen) atoms. The number of alkyl halides is 3. The molecular weight excluding hydrogens is 359 g/mol. The van der Waals surface area contributed by atoms with Gasteiger partial charge in [0.1, 0.15) is 5.75 Å². The van der Waals surface area contributed by atoms with Gasteiger partial charge >= 0.3 is 6.36 Å². The van der Waals surface area contributed by atoms with Crippen molar-refractivity contribution in [1.82, 2.24) is 15.1 Å². The van der Waals surface area contributed by atoms with Gasteiger partial charge in [-0.3, -0.25) is 4.79 Å². The predicted molar refractivity (Wildman–Crippen MR) is 90.8 cm³/mol. The topological polar surface area (TPSA) is 44.8 Å². The van der Waals surface area contributed by atoms with E-state index in [0.29, 0.717) is 25.1 Å². The molecule has 0 atom stereocenters. The zero-order chi connectivity index (χ0) is 17.6. The summed E-state index contributed by atoms with van der Waals surface area (Å²) in [6.45, 7) is 4.07. The zero-order valence-electron chi connectivity index (χ0n) is 14.0. The van der Waals surface area contributed by atoms with Crippen LogP contribution in [0.5, 0.6) is 5.75 Å². The second-order valence-corrected chi connectivity index (χ2v) is 5.81. The lowest BCUT2D eigenvalue weighted by Crippen LogP contribution is -2.47. The summed E-state index contributed by atoms with van der Waals surface area (Å²) in [7, 11) is 1.84. The smallest absolute Gasteiger partial charge is 0.406 e. The zero-order valence-corrected chi connectivity index (χ0v) is 14.8. The lowest BCUT2D eigenvalue weighted by molar-refractivity contribution is -0.274. The van der Waals surface area contributed by atoms with Gasteiger partial charge in [0.05, 0.1) is 0 Å². The van der Waals surface area contributed by atoms with Crippen LogP contribution in [-0.2, 0) is 11.3 Å². The van der Waals surface area contributed by atoms with Gasteiger partial charge in [0, 0.05) is 45.7 Å². The molecule has 0 spiro atoms. The first-order valence-electron chi connectivity index (χ1n) is 7.85. The Bertz CT molecular complexity index is 552. The van der Waals surface area contributed by atoms with E-state index in [0.717, 1.165) is 26.2 Å². The lowest BCUT2D eigenvalue weighted by Gasteiger charge is -2.28. The second kappa shape index (κ2) is 9.84. The van der Waals surface area contributed by atoms with Gasteiger partial charge in [0.25, 0.3) is 0 Å². The lowest BCUT2D eigenvalue weighted by atomic mass is 10.2. The highest BCUT2D eigenvalue weighted by Crippen LogP contribution is 2.23. The van der Waals surface area contributed by atoms with Crippen LogP contribution in [-0.4, -0.2) is 61.8 Å². The molecule has 1 aliphatic rings. The number of carbonyl (C=O) groups is 1. The van der Waals surface area contributed by atoms with Crippen molar-refractivity contribution in [3.63, 3.8) is 0 Å². The largest absolute Gasteiger partial charge is 0.573 e. The fourth-order valence-electron chi connectivity index (χ4n) is 2.59. The Hall–Kier alpha value is -1.51. The molecule has 1 aromatic rings. The summed E-state index contributed by atoms with van der Waals surface area (Å²) in [5, 5.41) is 3.19. The van der Waals surface area contributed by atoms with Gasteiger partial charge in [-0.2, -0.15) is 0 Å². The van der Waals surface area contributed by atoms with Gasteiger partial charge < -0.3 is 19.9 Å². The molecule has 5 nitrogen and oxygen atoms in total. The normalized spacial score (nSPS) is 15.0. The Kier molecular flexibility index (Phi) is 8.47. The minimum atomic E-state index is -4.69. The fourth-order valence-corrected chi connectivity index (χ4v) is 2.59. The van der Waals surface area contributed by atoms with Crippen molar-refractivity contribution in [1.29, 1.82) is 0 Å². The summed E-state index contributed by atoms with van der Waals surface area (Å²) >= 11 is 0. The van der Waals surface area contributed by atoms with Crippen LogP contribution >= 0.6 is 12.4 Å². The molecule has 142 valence electrons. The first-order chi connectivity index (χ1) is 11.3. The molecule has 0 aromatic heterocycles. The molecule has 0 aliphatic carbocycles. The Morgan fingerprint density at radius 3 is 2.64 bits per heavy atom. The highest BCUT2D eigenvalue weighted by Gasteiger charge is 2.31. The number of benzene rings is 1. The molecule has 0 radical (unpaired) electrons. The van der Waals surface area contributed by atoms with E-state index < -0.39 is 6.36 Å². The predicted octanol–water partition coefficient (Wildman–Crippen LogP) is 2.26. The van der Waals surface area contributed by atoms with E-state index in [9.17, 15) is 18.0 Å². The monoisotopic (exact) mass is 381 g/mol. The minimum absolute atomic E-state index is 0. The van der Waals surface area contributed by atoms with E-state index in [4.69, 9.17) is 0 Å². The third-order valence-corrected chi connectivity index (χ3v) is 3.76. The summed E-state index contributed by atoms with van der Waals surface area (Å²) in [4.78, 5) is 15.8. The van der Waals surface area contributed by atoms with Gasteiger partial charge in [0.15, 0.2) is 0 Å². The van der Waals surface area contributed by atoms with E-state index in [1.165, 1.54) is 18.2 Å². The maximum absolute atomic E-state index is 12.2. The molecule has 1 aromatic carbocycles. The van der Waals surface area contributed by atoms with Crippen molar-refractivity contribution in [2.45, 2.75) is 19.3 Å². The van der Waals surface area contributed by atoms with Crippen LogP contribution in [0.4, 0.5) is 13.2 Å². The first kappa shape index (κ1) is 21.5.